The van der Waals surface area contributed by atoms with Gasteiger partial charge in [-0.3, -0.25) is 4.79 Å². The van der Waals surface area contributed by atoms with Crippen LogP contribution in [-0.4, -0.2) is 27.8 Å². The van der Waals surface area contributed by atoms with Crippen molar-refractivity contribution in [2.75, 3.05) is 6.61 Å². The van der Waals surface area contributed by atoms with Crippen molar-refractivity contribution in [3.05, 3.63) is 65.0 Å². The van der Waals surface area contributed by atoms with Crippen LogP contribution in [0.25, 0.3) is 11.4 Å². The number of nitrogens with one attached hydrogen (secondary N) is 1. The largest absolute Gasteiger partial charge is 0.491 e. The lowest BCUT2D eigenvalue weighted by Crippen LogP contribution is -2.29. The number of ether oxygens (including phenoxy) is 1. The molecule has 0 saturated heterocycles. The minimum absolute atomic E-state index is 0.102. The lowest BCUT2D eigenvalue weighted by atomic mass is 10.0. The van der Waals surface area contributed by atoms with Gasteiger partial charge in [-0.2, -0.15) is 4.98 Å². The lowest BCUT2D eigenvalue weighted by molar-refractivity contribution is 0.0930. The molecule has 2 N–H and O–H groups in total. The van der Waals surface area contributed by atoms with Crippen LogP contribution in [0.5, 0.6) is 5.75 Å². The fraction of sp³-hybridized carbons (Fsp3) is 0.211. The average molecular weight is 351 g/mol. The van der Waals surface area contributed by atoms with Crippen LogP contribution in [0.15, 0.2) is 47.0 Å². The number of rotatable bonds is 4. The molecule has 1 aromatic heterocycles. The maximum Gasteiger partial charge on any atom is 0.251 e. The number of aliphatic hydroxyl groups excluding tert-OH is 1. The Labute approximate surface area is 149 Å². The van der Waals surface area contributed by atoms with Gasteiger partial charge in [0.1, 0.15) is 12.4 Å². The molecule has 7 heteroatoms. The summed E-state index contributed by atoms with van der Waals surface area (Å²) in [5, 5.41) is 16.1. The number of carbonyl (C=O) groups excluding carboxylic acids is 1. The third-order valence-electron chi connectivity index (χ3n) is 4.26. The van der Waals surface area contributed by atoms with Crippen molar-refractivity contribution in [2.45, 2.75) is 19.6 Å². The number of hydrogen-bond donors (Lipinski definition) is 2. The van der Waals surface area contributed by atoms with Crippen molar-refractivity contribution in [2.24, 2.45) is 0 Å². The van der Waals surface area contributed by atoms with Crippen LogP contribution in [0.3, 0.4) is 0 Å². The summed E-state index contributed by atoms with van der Waals surface area (Å²) in [5.74, 6) is 1.48. The van der Waals surface area contributed by atoms with Crippen LogP contribution in [0, 0.1) is 6.92 Å². The molecule has 0 bridgehead atoms. The van der Waals surface area contributed by atoms with Crippen LogP contribution >= 0.6 is 0 Å². The van der Waals surface area contributed by atoms with E-state index in [2.05, 4.69) is 15.5 Å². The number of carbonyl (C=O) groups is 1. The molecule has 1 aliphatic heterocycles. The van der Waals surface area contributed by atoms with E-state index in [9.17, 15) is 9.90 Å². The van der Waals surface area contributed by atoms with Crippen molar-refractivity contribution in [3.8, 4) is 17.1 Å². The lowest BCUT2D eigenvalue weighted by Gasteiger charge is -2.12. The first-order valence-corrected chi connectivity index (χ1v) is 8.22. The summed E-state index contributed by atoms with van der Waals surface area (Å²) in [7, 11) is 0. The molecule has 0 fully saturated rings. The second-order valence-electron chi connectivity index (χ2n) is 6.09. The fourth-order valence-electron chi connectivity index (χ4n) is 2.94. The molecule has 0 aliphatic carbocycles. The van der Waals surface area contributed by atoms with E-state index >= 15 is 0 Å². The molecule has 0 saturated carbocycles. The molecule has 4 rings (SSSR count). The molecular formula is C19H17N3O4. The summed E-state index contributed by atoms with van der Waals surface area (Å²) in [6.07, 6.45) is 0. The monoisotopic (exact) mass is 351 g/mol. The number of aromatic nitrogens is 2. The van der Waals surface area contributed by atoms with Gasteiger partial charge in [-0.05, 0) is 23.8 Å². The number of nitrogens with zero attached hydrogens (tertiary/aromatic N) is 2. The molecule has 2 heterocycles. The first kappa shape index (κ1) is 16.3. The Morgan fingerprint density at radius 1 is 1.31 bits per heavy atom. The third-order valence-corrected chi connectivity index (χ3v) is 4.26. The van der Waals surface area contributed by atoms with Crippen molar-refractivity contribution in [1.29, 1.82) is 0 Å². The Morgan fingerprint density at radius 2 is 2.19 bits per heavy atom. The van der Waals surface area contributed by atoms with E-state index in [1.165, 1.54) is 0 Å². The highest BCUT2D eigenvalue weighted by Crippen LogP contribution is 2.35. The quantitative estimate of drug-likeness (QED) is 0.749. The Morgan fingerprint density at radius 3 is 2.96 bits per heavy atom. The average Bonchev–Trinajstić information content (AvgIpc) is 3.28. The molecule has 1 amide bonds. The summed E-state index contributed by atoms with van der Waals surface area (Å²) in [6, 6.07) is 12.3. The van der Waals surface area contributed by atoms with Crippen LogP contribution in [0.2, 0.25) is 0 Å². The molecule has 1 aliphatic rings. The van der Waals surface area contributed by atoms with Gasteiger partial charge < -0.3 is 19.7 Å². The Balaban J connectivity index is 1.53. The van der Waals surface area contributed by atoms with Crippen LogP contribution < -0.4 is 10.1 Å². The van der Waals surface area contributed by atoms with E-state index in [4.69, 9.17) is 9.26 Å². The van der Waals surface area contributed by atoms with Gasteiger partial charge in [-0.25, -0.2) is 0 Å². The second-order valence-corrected chi connectivity index (χ2v) is 6.09. The zero-order valence-corrected chi connectivity index (χ0v) is 14.1. The molecule has 0 spiro atoms. The molecule has 0 radical (unpaired) electrons. The van der Waals surface area contributed by atoms with Gasteiger partial charge in [-0.1, -0.05) is 29.4 Å². The number of aryl methyl sites for hydroxylation is 1. The number of benzene rings is 2. The second kappa shape index (κ2) is 6.61. The number of amides is 1. The Bertz CT molecular complexity index is 967. The zero-order chi connectivity index (χ0) is 18.1. The topological polar surface area (TPSA) is 97.5 Å². The SMILES string of the molecule is Cc1nc(-c2ccc3c(c2)OC[C@H]3NC(=O)c2cccc(CO)c2)no1. The normalized spacial score (nSPS) is 15.4. The van der Waals surface area contributed by atoms with Crippen molar-refractivity contribution in [3.63, 3.8) is 0 Å². The summed E-state index contributed by atoms with van der Waals surface area (Å²) >= 11 is 0. The standard InChI is InChI=1S/C19H17N3O4/c1-11-20-18(22-26-11)13-5-6-15-16(10-25-17(15)8-13)21-19(24)14-4-2-3-12(7-14)9-23/h2-8,16,23H,9-10H2,1H3,(H,21,24)/t16-/m1/s1. The van der Waals surface area contributed by atoms with Crippen LogP contribution in [-0.2, 0) is 6.61 Å². The Hall–Kier alpha value is -3.19. The first-order valence-electron chi connectivity index (χ1n) is 8.22. The van der Waals surface area contributed by atoms with Crippen LogP contribution in [0.4, 0.5) is 0 Å². The molecule has 132 valence electrons. The minimum Gasteiger partial charge on any atom is -0.491 e. The third kappa shape index (κ3) is 3.04. The molecular weight excluding hydrogens is 334 g/mol. The van der Waals surface area contributed by atoms with Crippen molar-refractivity contribution in [1.82, 2.24) is 15.5 Å². The summed E-state index contributed by atoms with van der Waals surface area (Å²) < 4.78 is 10.7. The fourth-order valence-corrected chi connectivity index (χ4v) is 2.94. The minimum atomic E-state index is -0.240. The Kier molecular flexibility index (Phi) is 4.14. The number of fused-ring (bicyclic) bond motifs is 1. The van der Waals surface area contributed by atoms with E-state index in [-0.39, 0.29) is 18.6 Å². The summed E-state index contributed by atoms with van der Waals surface area (Å²) in [6.45, 7) is 1.99. The van der Waals surface area contributed by atoms with Gasteiger partial charge in [0.05, 0.1) is 12.6 Å². The van der Waals surface area contributed by atoms with Gasteiger partial charge in [0.15, 0.2) is 0 Å². The van der Waals surface area contributed by atoms with Gasteiger partial charge in [-0.15, -0.1) is 0 Å². The molecule has 7 nitrogen and oxygen atoms in total. The highest BCUT2D eigenvalue weighted by atomic mass is 16.5. The van der Waals surface area contributed by atoms with Gasteiger partial charge in [0, 0.05) is 23.6 Å². The molecule has 1 atom stereocenters. The predicted octanol–water partition coefficient (Wildman–Crippen LogP) is 2.40. The summed E-state index contributed by atoms with van der Waals surface area (Å²) in [4.78, 5) is 16.7. The summed E-state index contributed by atoms with van der Waals surface area (Å²) in [5.41, 5.74) is 2.90. The van der Waals surface area contributed by atoms with E-state index < -0.39 is 0 Å². The van der Waals surface area contributed by atoms with Gasteiger partial charge >= 0.3 is 0 Å². The predicted molar refractivity (Wildman–Crippen MR) is 92.5 cm³/mol. The number of aliphatic hydroxyl groups is 1. The van der Waals surface area contributed by atoms with Crippen molar-refractivity contribution >= 4 is 5.91 Å². The van der Waals surface area contributed by atoms with Crippen LogP contribution in [0.1, 0.15) is 33.4 Å². The number of hydrogen-bond acceptors (Lipinski definition) is 6. The molecule has 2 aromatic carbocycles. The first-order chi connectivity index (χ1) is 12.6. The highest BCUT2D eigenvalue weighted by molar-refractivity contribution is 5.94. The molecule has 26 heavy (non-hydrogen) atoms. The van der Waals surface area contributed by atoms with E-state index in [0.717, 1.165) is 11.1 Å². The van der Waals surface area contributed by atoms with E-state index in [0.29, 0.717) is 35.2 Å². The van der Waals surface area contributed by atoms with Crippen molar-refractivity contribution < 1.29 is 19.2 Å². The highest BCUT2D eigenvalue weighted by Gasteiger charge is 2.27. The van der Waals surface area contributed by atoms with Gasteiger partial charge in [0.2, 0.25) is 11.7 Å². The maximum atomic E-state index is 12.5. The zero-order valence-electron chi connectivity index (χ0n) is 14.1. The maximum absolute atomic E-state index is 12.5. The van der Waals surface area contributed by atoms with Gasteiger partial charge in [0.25, 0.3) is 5.91 Å². The molecule has 3 aromatic rings. The van der Waals surface area contributed by atoms with E-state index in [1.54, 1.807) is 31.2 Å². The van der Waals surface area contributed by atoms with E-state index in [1.807, 2.05) is 18.2 Å². The smallest absolute Gasteiger partial charge is 0.251 e. The molecule has 0 unspecified atom stereocenters.